The summed E-state index contributed by atoms with van der Waals surface area (Å²) in [5.41, 5.74) is 0.189. The molecule has 0 aliphatic heterocycles. The molecule has 2 N–H and O–H groups in total. The fourth-order valence-corrected chi connectivity index (χ4v) is 3.59. The number of halogens is 2. The van der Waals surface area contributed by atoms with E-state index < -0.39 is 16.6 Å². The van der Waals surface area contributed by atoms with E-state index >= 15 is 0 Å². The smallest absolute Gasteiger partial charge is 0.242 e. The zero-order chi connectivity index (χ0) is 15.3. The molecule has 114 valence electrons. The first-order chi connectivity index (χ1) is 9.33. The monoisotopic (exact) mass is 341 g/mol. The molecule has 0 radical (unpaired) electrons. The molecule has 5 nitrogen and oxygen atoms in total. The summed E-state index contributed by atoms with van der Waals surface area (Å²) in [7, 11) is -3.79. The normalized spacial score (nSPS) is 13.4. The molecule has 0 aromatic heterocycles. The van der Waals surface area contributed by atoms with Gasteiger partial charge in [-0.3, -0.25) is 0 Å². The van der Waals surface area contributed by atoms with Gasteiger partial charge in [-0.1, -0.05) is 23.2 Å². The number of nitrogens with one attached hydrogen (secondary N) is 1. The largest absolute Gasteiger partial charge is 0.392 e. The minimum atomic E-state index is -3.79. The quantitative estimate of drug-likeness (QED) is 0.796. The first kappa shape index (κ1) is 17.7. The van der Waals surface area contributed by atoms with Crippen LogP contribution in [0.3, 0.4) is 0 Å². The topological polar surface area (TPSA) is 75.6 Å². The number of aliphatic hydroxyl groups excluding tert-OH is 1. The Hall–Kier alpha value is -0.370. The number of ether oxygens (including phenoxy) is 1. The SMILES string of the molecule is CCOC(C)CNS(=O)(=O)c1ccc(Cl)c(CO)c1Cl. The van der Waals surface area contributed by atoms with Crippen LogP contribution in [-0.2, 0) is 21.4 Å². The Kier molecular flexibility index (Phi) is 6.71. The second kappa shape index (κ2) is 7.59. The second-order valence-corrected chi connectivity index (χ2v) is 6.63. The van der Waals surface area contributed by atoms with Gasteiger partial charge in [-0.25, -0.2) is 13.1 Å². The number of hydrogen-bond acceptors (Lipinski definition) is 4. The van der Waals surface area contributed by atoms with Crippen molar-refractivity contribution in [1.29, 1.82) is 0 Å². The molecule has 0 saturated carbocycles. The van der Waals surface area contributed by atoms with Crippen LogP contribution in [0.2, 0.25) is 10.0 Å². The minimum absolute atomic E-state index is 0.0726. The Morgan fingerprint density at radius 2 is 2.05 bits per heavy atom. The third kappa shape index (κ3) is 4.31. The Balaban J connectivity index is 2.99. The Morgan fingerprint density at radius 1 is 1.40 bits per heavy atom. The summed E-state index contributed by atoms with van der Waals surface area (Å²) >= 11 is 11.8. The second-order valence-electron chi connectivity index (χ2n) is 4.11. The third-order valence-electron chi connectivity index (χ3n) is 2.61. The van der Waals surface area contributed by atoms with Gasteiger partial charge in [0.15, 0.2) is 0 Å². The van der Waals surface area contributed by atoms with Crippen LogP contribution in [0.25, 0.3) is 0 Å². The van der Waals surface area contributed by atoms with Gasteiger partial charge >= 0.3 is 0 Å². The molecular weight excluding hydrogens is 325 g/mol. The van der Waals surface area contributed by atoms with E-state index in [4.69, 9.17) is 27.9 Å². The summed E-state index contributed by atoms with van der Waals surface area (Å²) in [6, 6.07) is 2.69. The van der Waals surface area contributed by atoms with Crippen molar-refractivity contribution in [2.24, 2.45) is 0 Å². The summed E-state index contributed by atoms with van der Waals surface area (Å²) < 4.78 is 32.0. The lowest BCUT2D eigenvalue weighted by Crippen LogP contribution is -2.32. The maximum atomic E-state index is 12.2. The van der Waals surface area contributed by atoms with Crippen LogP contribution in [0.1, 0.15) is 19.4 Å². The van der Waals surface area contributed by atoms with Crippen molar-refractivity contribution in [3.05, 3.63) is 27.7 Å². The molecule has 1 atom stereocenters. The highest BCUT2D eigenvalue weighted by molar-refractivity contribution is 7.89. The van der Waals surface area contributed by atoms with Crippen LogP contribution >= 0.6 is 23.2 Å². The van der Waals surface area contributed by atoms with E-state index in [0.717, 1.165) is 0 Å². The van der Waals surface area contributed by atoms with Gasteiger partial charge < -0.3 is 9.84 Å². The van der Waals surface area contributed by atoms with E-state index in [0.29, 0.717) is 6.61 Å². The van der Waals surface area contributed by atoms with E-state index in [1.54, 1.807) is 6.92 Å². The van der Waals surface area contributed by atoms with Crippen LogP contribution in [0, 0.1) is 0 Å². The predicted molar refractivity (Wildman–Crippen MR) is 78.7 cm³/mol. The summed E-state index contributed by atoms with van der Waals surface area (Å²) in [5.74, 6) is 0. The first-order valence-electron chi connectivity index (χ1n) is 6.02. The molecule has 8 heteroatoms. The maximum Gasteiger partial charge on any atom is 0.242 e. The Labute approximate surface area is 128 Å². The Morgan fingerprint density at radius 3 is 2.60 bits per heavy atom. The van der Waals surface area contributed by atoms with Crippen molar-refractivity contribution in [3.8, 4) is 0 Å². The average Bonchev–Trinajstić information content (AvgIpc) is 2.37. The minimum Gasteiger partial charge on any atom is -0.392 e. The van der Waals surface area contributed by atoms with Gasteiger partial charge in [0.05, 0.1) is 17.7 Å². The summed E-state index contributed by atoms with van der Waals surface area (Å²) in [5, 5.41) is 9.32. The van der Waals surface area contributed by atoms with E-state index in [9.17, 15) is 13.5 Å². The molecule has 1 rings (SSSR count). The first-order valence-corrected chi connectivity index (χ1v) is 8.26. The number of rotatable bonds is 7. The molecule has 0 bridgehead atoms. The average molecular weight is 342 g/mol. The molecular formula is C12H17Cl2NO4S. The lowest BCUT2D eigenvalue weighted by atomic mass is 10.2. The third-order valence-corrected chi connectivity index (χ3v) is 4.97. The fraction of sp³-hybridized carbons (Fsp3) is 0.500. The molecule has 0 spiro atoms. The number of aliphatic hydroxyl groups is 1. The number of benzene rings is 1. The Bertz CT molecular complexity index is 563. The van der Waals surface area contributed by atoms with Crippen molar-refractivity contribution < 1.29 is 18.3 Å². The summed E-state index contributed by atoms with van der Waals surface area (Å²) in [4.78, 5) is -0.115. The van der Waals surface area contributed by atoms with Crippen LogP contribution in [0.5, 0.6) is 0 Å². The zero-order valence-corrected chi connectivity index (χ0v) is 13.5. The van der Waals surface area contributed by atoms with Gasteiger partial charge in [0, 0.05) is 23.7 Å². The van der Waals surface area contributed by atoms with Crippen molar-refractivity contribution in [2.75, 3.05) is 13.2 Å². The maximum absolute atomic E-state index is 12.2. The fourth-order valence-electron chi connectivity index (χ4n) is 1.58. The standard InChI is InChI=1S/C12H17Cl2NO4S/c1-3-19-8(2)6-15-20(17,18)11-5-4-10(13)9(7-16)12(11)14/h4-5,8,15-16H,3,6-7H2,1-2H3. The molecule has 0 saturated heterocycles. The number of sulfonamides is 1. The highest BCUT2D eigenvalue weighted by Gasteiger charge is 2.21. The van der Waals surface area contributed by atoms with E-state index in [1.807, 2.05) is 6.92 Å². The van der Waals surface area contributed by atoms with Crippen LogP contribution in [-0.4, -0.2) is 32.8 Å². The highest BCUT2D eigenvalue weighted by atomic mass is 35.5. The highest BCUT2D eigenvalue weighted by Crippen LogP contribution is 2.30. The number of hydrogen-bond donors (Lipinski definition) is 2. The van der Waals surface area contributed by atoms with E-state index in [2.05, 4.69) is 4.72 Å². The molecule has 1 aromatic rings. The van der Waals surface area contributed by atoms with Crippen molar-refractivity contribution in [1.82, 2.24) is 4.72 Å². The van der Waals surface area contributed by atoms with Crippen LogP contribution < -0.4 is 4.72 Å². The van der Waals surface area contributed by atoms with Gasteiger partial charge in [0.1, 0.15) is 4.90 Å². The van der Waals surface area contributed by atoms with Gasteiger partial charge in [-0.05, 0) is 26.0 Å². The molecule has 0 fully saturated rings. The molecule has 0 aliphatic carbocycles. The van der Waals surface area contributed by atoms with Gasteiger partial charge in [-0.2, -0.15) is 0 Å². The molecule has 0 aliphatic rings. The lowest BCUT2D eigenvalue weighted by Gasteiger charge is -2.15. The van der Waals surface area contributed by atoms with Gasteiger partial charge in [0.25, 0.3) is 0 Å². The molecule has 0 heterocycles. The molecule has 1 aromatic carbocycles. The van der Waals surface area contributed by atoms with Gasteiger partial charge in [-0.15, -0.1) is 0 Å². The summed E-state index contributed by atoms with van der Waals surface area (Å²) in [6.45, 7) is 3.78. The van der Waals surface area contributed by atoms with Crippen LogP contribution in [0.15, 0.2) is 17.0 Å². The van der Waals surface area contributed by atoms with E-state index in [1.165, 1.54) is 12.1 Å². The molecule has 20 heavy (non-hydrogen) atoms. The van der Waals surface area contributed by atoms with Gasteiger partial charge in [0.2, 0.25) is 10.0 Å². The summed E-state index contributed by atoms with van der Waals surface area (Å²) in [6.07, 6.45) is -0.252. The van der Waals surface area contributed by atoms with E-state index in [-0.39, 0.29) is 33.2 Å². The molecule has 0 amide bonds. The lowest BCUT2D eigenvalue weighted by molar-refractivity contribution is 0.0799. The predicted octanol–water partition coefficient (Wildman–Crippen LogP) is 2.19. The molecule has 1 unspecified atom stereocenters. The van der Waals surface area contributed by atoms with Crippen molar-refractivity contribution >= 4 is 33.2 Å². The van der Waals surface area contributed by atoms with Crippen molar-refractivity contribution in [2.45, 2.75) is 31.5 Å². The van der Waals surface area contributed by atoms with Crippen LogP contribution in [0.4, 0.5) is 0 Å². The zero-order valence-electron chi connectivity index (χ0n) is 11.2. The van der Waals surface area contributed by atoms with Crippen molar-refractivity contribution in [3.63, 3.8) is 0 Å².